The molecule has 98 valence electrons. The van der Waals surface area contributed by atoms with Gasteiger partial charge in [-0.15, -0.1) is 0 Å². The Hall–Kier alpha value is -2.10. The van der Waals surface area contributed by atoms with Gasteiger partial charge in [0.25, 0.3) is 0 Å². The lowest BCUT2D eigenvalue weighted by atomic mass is 10.1. The van der Waals surface area contributed by atoms with Crippen LogP contribution >= 0.6 is 0 Å². The van der Waals surface area contributed by atoms with E-state index in [1.165, 1.54) is 5.56 Å². The van der Waals surface area contributed by atoms with Crippen LogP contribution in [0.5, 0.6) is 0 Å². The van der Waals surface area contributed by atoms with E-state index < -0.39 is 0 Å². The van der Waals surface area contributed by atoms with Crippen LogP contribution in [0.2, 0.25) is 0 Å². The van der Waals surface area contributed by atoms with Crippen molar-refractivity contribution in [2.75, 3.05) is 11.4 Å². The molecule has 0 fully saturated rings. The van der Waals surface area contributed by atoms with Crippen LogP contribution in [0.4, 0.5) is 5.69 Å². The van der Waals surface area contributed by atoms with Crippen molar-refractivity contribution < 1.29 is 4.79 Å². The van der Waals surface area contributed by atoms with Gasteiger partial charge in [-0.05, 0) is 31.0 Å². The van der Waals surface area contributed by atoms with E-state index >= 15 is 0 Å². The maximum Gasteiger partial charge on any atom is 0.229 e. The molecular formula is C15H17N3O. The monoisotopic (exact) mass is 255 g/mol. The van der Waals surface area contributed by atoms with Gasteiger partial charge >= 0.3 is 0 Å². The van der Waals surface area contributed by atoms with Crippen LogP contribution in [0.1, 0.15) is 24.9 Å². The quantitative estimate of drug-likeness (QED) is 0.844. The van der Waals surface area contributed by atoms with Crippen LogP contribution in [0, 0.1) is 0 Å². The summed E-state index contributed by atoms with van der Waals surface area (Å²) in [6.07, 6.45) is 5.08. The number of para-hydroxylation sites is 1. The SMILES string of the molecule is C[C@@H](CC(=O)N1CCc2ccccc21)n1cccn1. The van der Waals surface area contributed by atoms with Gasteiger partial charge in [-0.1, -0.05) is 18.2 Å². The summed E-state index contributed by atoms with van der Waals surface area (Å²) in [6, 6.07) is 10.1. The Morgan fingerprint density at radius 3 is 3.00 bits per heavy atom. The lowest BCUT2D eigenvalue weighted by Gasteiger charge is -2.20. The highest BCUT2D eigenvalue weighted by Crippen LogP contribution is 2.28. The van der Waals surface area contributed by atoms with Crippen molar-refractivity contribution in [3.63, 3.8) is 0 Å². The topological polar surface area (TPSA) is 38.1 Å². The van der Waals surface area contributed by atoms with Gasteiger partial charge in [-0.25, -0.2) is 0 Å². The maximum absolute atomic E-state index is 12.4. The van der Waals surface area contributed by atoms with E-state index in [0.717, 1.165) is 18.7 Å². The molecule has 1 aliphatic rings. The minimum atomic E-state index is 0.0928. The first-order chi connectivity index (χ1) is 9.25. The molecule has 3 rings (SSSR count). The number of anilines is 1. The van der Waals surface area contributed by atoms with E-state index in [4.69, 9.17) is 0 Å². The molecule has 4 nitrogen and oxygen atoms in total. The number of carbonyl (C=O) groups excluding carboxylic acids is 1. The molecule has 0 radical (unpaired) electrons. The molecule has 2 heterocycles. The Morgan fingerprint density at radius 1 is 1.37 bits per heavy atom. The second-order valence-corrected chi connectivity index (χ2v) is 4.96. The number of hydrogen-bond donors (Lipinski definition) is 0. The predicted molar refractivity (Wildman–Crippen MR) is 74.1 cm³/mol. The summed E-state index contributed by atoms with van der Waals surface area (Å²) >= 11 is 0. The van der Waals surface area contributed by atoms with Crippen molar-refractivity contribution in [1.29, 1.82) is 0 Å². The largest absolute Gasteiger partial charge is 0.312 e. The minimum Gasteiger partial charge on any atom is -0.312 e. The van der Waals surface area contributed by atoms with Crippen molar-refractivity contribution >= 4 is 11.6 Å². The van der Waals surface area contributed by atoms with Gasteiger partial charge in [0.05, 0.1) is 6.04 Å². The zero-order valence-corrected chi connectivity index (χ0v) is 11.0. The van der Waals surface area contributed by atoms with E-state index in [-0.39, 0.29) is 11.9 Å². The second-order valence-electron chi connectivity index (χ2n) is 4.96. The Labute approximate surface area is 112 Å². The van der Waals surface area contributed by atoms with E-state index in [1.54, 1.807) is 6.20 Å². The van der Waals surface area contributed by atoms with Gasteiger partial charge in [0, 0.05) is 31.0 Å². The summed E-state index contributed by atoms with van der Waals surface area (Å²) in [5, 5.41) is 4.19. The molecule has 1 atom stereocenters. The highest BCUT2D eigenvalue weighted by molar-refractivity contribution is 5.95. The molecular weight excluding hydrogens is 238 g/mol. The van der Waals surface area contributed by atoms with Gasteiger partial charge in [-0.2, -0.15) is 5.10 Å². The fourth-order valence-electron chi connectivity index (χ4n) is 2.60. The Balaban J connectivity index is 1.72. The molecule has 0 bridgehead atoms. The van der Waals surface area contributed by atoms with Gasteiger partial charge in [0.2, 0.25) is 5.91 Å². The van der Waals surface area contributed by atoms with Crippen LogP contribution in [-0.4, -0.2) is 22.2 Å². The predicted octanol–water partition coefficient (Wildman–Crippen LogP) is 2.42. The number of benzene rings is 1. The number of aromatic nitrogens is 2. The first-order valence-electron chi connectivity index (χ1n) is 6.63. The van der Waals surface area contributed by atoms with E-state index in [9.17, 15) is 4.79 Å². The van der Waals surface area contributed by atoms with Gasteiger partial charge < -0.3 is 4.90 Å². The summed E-state index contributed by atoms with van der Waals surface area (Å²) in [5.41, 5.74) is 2.34. The molecule has 0 saturated heterocycles. The molecule has 0 unspecified atom stereocenters. The standard InChI is InChI=1S/C15H17N3O/c1-12(18-9-4-8-16-18)11-15(19)17-10-7-13-5-2-3-6-14(13)17/h2-6,8-9,12H,7,10-11H2,1H3/t12-/m0/s1. The molecule has 1 amide bonds. The van der Waals surface area contributed by atoms with Crippen LogP contribution in [0.15, 0.2) is 42.7 Å². The van der Waals surface area contributed by atoms with Crippen LogP contribution < -0.4 is 4.90 Å². The third kappa shape index (κ3) is 2.26. The van der Waals surface area contributed by atoms with Crippen molar-refractivity contribution in [3.8, 4) is 0 Å². The fourth-order valence-corrected chi connectivity index (χ4v) is 2.60. The Kier molecular flexibility index (Phi) is 3.07. The fraction of sp³-hybridized carbons (Fsp3) is 0.333. The van der Waals surface area contributed by atoms with E-state index in [2.05, 4.69) is 11.2 Å². The maximum atomic E-state index is 12.4. The molecule has 1 aliphatic heterocycles. The van der Waals surface area contributed by atoms with Crippen molar-refractivity contribution in [2.24, 2.45) is 0 Å². The van der Waals surface area contributed by atoms with Gasteiger partial charge in [0.1, 0.15) is 0 Å². The zero-order valence-electron chi connectivity index (χ0n) is 11.0. The average molecular weight is 255 g/mol. The Bertz CT molecular complexity index is 577. The number of rotatable bonds is 3. The van der Waals surface area contributed by atoms with Crippen molar-refractivity contribution in [2.45, 2.75) is 25.8 Å². The summed E-state index contributed by atoms with van der Waals surface area (Å²) in [6.45, 7) is 2.82. The zero-order chi connectivity index (χ0) is 13.2. The van der Waals surface area contributed by atoms with Gasteiger partial charge in [0.15, 0.2) is 0 Å². The first kappa shape index (κ1) is 12.0. The highest BCUT2D eigenvalue weighted by atomic mass is 16.2. The van der Waals surface area contributed by atoms with Crippen LogP contribution in [-0.2, 0) is 11.2 Å². The lowest BCUT2D eigenvalue weighted by Crippen LogP contribution is -2.30. The number of hydrogen-bond acceptors (Lipinski definition) is 2. The van der Waals surface area contributed by atoms with E-state index in [1.807, 2.05) is 47.0 Å². The molecule has 0 aliphatic carbocycles. The van der Waals surface area contributed by atoms with Crippen LogP contribution in [0.25, 0.3) is 0 Å². The van der Waals surface area contributed by atoms with E-state index in [0.29, 0.717) is 6.42 Å². The summed E-state index contributed by atoms with van der Waals surface area (Å²) in [5.74, 6) is 0.174. The molecule has 1 aromatic carbocycles. The summed E-state index contributed by atoms with van der Waals surface area (Å²) in [7, 11) is 0. The lowest BCUT2D eigenvalue weighted by molar-refractivity contribution is -0.119. The first-order valence-corrected chi connectivity index (χ1v) is 6.63. The third-order valence-electron chi connectivity index (χ3n) is 3.63. The molecule has 0 spiro atoms. The Morgan fingerprint density at radius 2 is 2.21 bits per heavy atom. The van der Waals surface area contributed by atoms with Crippen LogP contribution in [0.3, 0.4) is 0 Å². The van der Waals surface area contributed by atoms with Gasteiger partial charge in [-0.3, -0.25) is 9.48 Å². The highest BCUT2D eigenvalue weighted by Gasteiger charge is 2.25. The average Bonchev–Trinajstić information content (AvgIpc) is 3.08. The van der Waals surface area contributed by atoms with Crippen molar-refractivity contribution in [3.05, 3.63) is 48.3 Å². The number of amides is 1. The minimum absolute atomic E-state index is 0.0928. The molecule has 0 N–H and O–H groups in total. The molecule has 4 heteroatoms. The molecule has 19 heavy (non-hydrogen) atoms. The summed E-state index contributed by atoms with van der Waals surface area (Å²) in [4.78, 5) is 14.3. The number of carbonyl (C=O) groups is 1. The summed E-state index contributed by atoms with van der Waals surface area (Å²) < 4.78 is 1.83. The second kappa shape index (κ2) is 4.88. The molecule has 2 aromatic rings. The van der Waals surface area contributed by atoms with Crippen molar-refractivity contribution in [1.82, 2.24) is 9.78 Å². The molecule has 1 aromatic heterocycles. The smallest absolute Gasteiger partial charge is 0.229 e. The molecule has 0 saturated carbocycles. The third-order valence-corrected chi connectivity index (χ3v) is 3.63. The normalized spacial score (nSPS) is 15.3. The number of nitrogens with zero attached hydrogens (tertiary/aromatic N) is 3. The number of fused-ring (bicyclic) bond motifs is 1.